The van der Waals surface area contributed by atoms with Crippen molar-refractivity contribution in [2.45, 2.75) is 19.1 Å². The molecule has 0 aliphatic heterocycles. The van der Waals surface area contributed by atoms with Crippen LogP contribution in [0.15, 0.2) is 12.3 Å². The fraction of sp³-hybridized carbons (Fsp3) is 0.500. The zero-order valence-electron chi connectivity index (χ0n) is 9.97. The van der Waals surface area contributed by atoms with Crippen LogP contribution in [0.1, 0.15) is 12.5 Å². The molecule has 1 rings (SSSR count). The highest BCUT2D eigenvalue weighted by molar-refractivity contribution is 7.84. The zero-order chi connectivity index (χ0) is 13.0. The van der Waals surface area contributed by atoms with Gasteiger partial charge in [0.15, 0.2) is 0 Å². The lowest BCUT2D eigenvalue weighted by molar-refractivity contribution is -0.385. The molecule has 0 aliphatic rings. The van der Waals surface area contributed by atoms with Gasteiger partial charge in [0.1, 0.15) is 5.82 Å². The van der Waals surface area contributed by atoms with E-state index in [4.69, 9.17) is 0 Å². The number of anilines is 1. The second-order valence-electron chi connectivity index (χ2n) is 3.80. The van der Waals surface area contributed by atoms with Gasteiger partial charge >= 0.3 is 0 Å². The van der Waals surface area contributed by atoms with Crippen molar-refractivity contribution in [1.29, 1.82) is 0 Å². The first-order chi connectivity index (χ1) is 7.91. The molecule has 1 N–H and O–H groups in total. The lowest BCUT2D eigenvalue weighted by Crippen LogP contribution is -2.21. The van der Waals surface area contributed by atoms with Crippen molar-refractivity contribution in [3.05, 3.63) is 27.9 Å². The standard InChI is InChI=1S/C10H15N3O3S/c1-7-5-11-10(4-9(7)13(14)15)12-6-8(2)17(3)16/h4-5,8H,6H2,1-3H3,(H,11,12). The summed E-state index contributed by atoms with van der Waals surface area (Å²) in [6.07, 6.45) is 3.07. The predicted octanol–water partition coefficient (Wildman–Crippen LogP) is 1.48. The summed E-state index contributed by atoms with van der Waals surface area (Å²) in [6.45, 7) is 3.95. The molecule has 0 bridgehead atoms. The molecule has 2 atom stereocenters. The second-order valence-corrected chi connectivity index (χ2v) is 5.61. The Morgan fingerprint density at radius 3 is 2.82 bits per heavy atom. The summed E-state index contributed by atoms with van der Waals surface area (Å²) in [6, 6.07) is 1.39. The van der Waals surface area contributed by atoms with E-state index in [1.807, 2.05) is 6.92 Å². The maximum absolute atomic E-state index is 11.1. The first-order valence-corrected chi connectivity index (χ1v) is 6.71. The van der Waals surface area contributed by atoms with Crippen LogP contribution in [-0.4, -0.2) is 32.2 Å². The summed E-state index contributed by atoms with van der Waals surface area (Å²) in [5.41, 5.74) is 0.556. The first kappa shape index (κ1) is 13.6. The number of nitrogens with one attached hydrogen (secondary N) is 1. The maximum Gasteiger partial charge on any atom is 0.277 e. The molecule has 94 valence electrons. The topological polar surface area (TPSA) is 85.1 Å². The monoisotopic (exact) mass is 257 g/mol. The molecule has 1 heterocycles. The maximum atomic E-state index is 11.1. The average molecular weight is 257 g/mol. The predicted molar refractivity (Wildman–Crippen MR) is 67.6 cm³/mol. The van der Waals surface area contributed by atoms with E-state index in [9.17, 15) is 14.3 Å². The number of aryl methyl sites for hydroxylation is 1. The molecule has 7 heteroatoms. The fourth-order valence-corrected chi connectivity index (χ4v) is 1.49. The van der Waals surface area contributed by atoms with Crippen LogP contribution < -0.4 is 5.32 Å². The van der Waals surface area contributed by atoms with Gasteiger partial charge < -0.3 is 5.32 Å². The third-order valence-corrected chi connectivity index (χ3v) is 3.71. The Morgan fingerprint density at radius 2 is 2.29 bits per heavy atom. The minimum absolute atomic E-state index is 0.0304. The van der Waals surface area contributed by atoms with Crippen LogP contribution in [0.25, 0.3) is 0 Å². The van der Waals surface area contributed by atoms with Crippen LogP contribution in [0.3, 0.4) is 0 Å². The second kappa shape index (κ2) is 5.72. The normalized spacial score (nSPS) is 14.1. The summed E-state index contributed by atoms with van der Waals surface area (Å²) >= 11 is 0. The molecule has 0 spiro atoms. The minimum Gasteiger partial charge on any atom is -0.369 e. The van der Waals surface area contributed by atoms with Crippen molar-refractivity contribution in [1.82, 2.24) is 4.98 Å². The van der Waals surface area contributed by atoms with E-state index in [0.717, 1.165) is 0 Å². The van der Waals surface area contributed by atoms with E-state index in [0.29, 0.717) is 17.9 Å². The third kappa shape index (κ3) is 3.77. The van der Waals surface area contributed by atoms with Crippen LogP contribution in [0.2, 0.25) is 0 Å². The zero-order valence-corrected chi connectivity index (χ0v) is 10.8. The number of hydrogen-bond donors (Lipinski definition) is 1. The quantitative estimate of drug-likeness (QED) is 0.638. The SMILES string of the molecule is Cc1cnc(NCC(C)S(C)=O)cc1[N+](=O)[O-]. The van der Waals surface area contributed by atoms with Crippen molar-refractivity contribution in [3.63, 3.8) is 0 Å². The van der Waals surface area contributed by atoms with Gasteiger partial charge in [-0.1, -0.05) is 0 Å². The van der Waals surface area contributed by atoms with Crippen LogP contribution in [0.4, 0.5) is 11.5 Å². The van der Waals surface area contributed by atoms with Crippen molar-refractivity contribution >= 4 is 22.3 Å². The van der Waals surface area contributed by atoms with Crippen molar-refractivity contribution in [2.75, 3.05) is 18.1 Å². The first-order valence-electron chi connectivity index (χ1n) is 5.09. The molecule has 0 aliphatic carbocycles. The minimum atomic E-state index is -0.927. The molecule has 1 aromatic heterocycles. The van der Waals surface area contributed by atoms with Gasteiger partial charge in [-0.25, -0.2) is 4.98 Å². The highest BCUT2D eigenvalue weighted by Gasteiger charge is 2.13. The third-order valence-electron chi connectivity index (χ3n) is 2.41. The van der Waals surface area contributed by atoms with Gasteiger partial charge in [0, 0.05) is 40.6 Å². The van der Waals surface area contributed by atoms with E-state index in [-0.39, 0.29) is 10.9 Å². The van der Waals surface area contributed by atoms with Crippen LogP contribution in [0, 0.1) is 17.0 Å². The molecule has 2 unspecified atom stereocenters. The number of nitro groups is 1. The van der Waals surface area contributed by atoms with Gasteiger partial charge in [0.25, 0.3) is 5.69 Å². The number of pyridine rings is 1. The van der Waals surface area contributed by atoms with Crippen molar-refractivity contribution in [3.8, 4) is 0 Å². The Kier molecular flexibility index (Phi) is 4.56. The lowest BCUT2D eigenvalue weighted by Gasteiger charge is -2.10. The van der Waals surface area contributed by atoms with E-state index in [1.165, 1.54) is 12.3 Å². The number of hydrogen-bond acceptors (Lipinski definition) is 5. The largest absolute Gasteiger partial charge is 0.369 e. The number of rotatable bonds is 5. The highest BCUT2D eigenvalue weighted by Crippen LogP contribution is 2.19. The van der Waals surface area contributed by atoms with Gasteiger partial charge in [-0.3, -0.25) is 14.3 Å². The summed E-state index contributed by atoms with van der Waals surface area (Å²) in [7, 11) is -0.927. The highest BCUT2D eigenvalue weighted by atomic mass is 32.2. The van der Waals surface area contributed by atoms with E-state index >= 15 is 0 Å². The Morgan fingerprint density at radius 1 is 1.65 bits per heavy atom. The van der Waals surface area contributed by atoms with Crippen LogP contribution in [0.5, 0.6) is 0 Å². The summed E-state index contributed by atoms with van der Waals surface area (Å²) < 4.78 is 11.1. The summed E-state index contributed by atoms with van der Waals surface area (Å²) in [4.78, 5) is 14.3. The Hall–Kier alpha value is -1.50. The molecule has 0 amide bonds. The van der Waals surface area contributed by atoms with E-state index in [2.05, 4.69) is 10.3 Å². The van der Waals surface area contributed by atoms with Crippen LogP contribution in [-0.2, 0) is 10.8 Å². The van der Waals surface area contributed by atoms with Gasteiger partial charge in [0.2, 0.25) is 0 Å². The molecule has 17 heavy (non-hydrogen) atoms. The van der Waals surface area contributed by atoms with Crippen molar-refractivity contribution < 1.29 is 9.13 Å². The Bertz CT molecular complexity index is 450. The molecule has 1 aromatic rings. The Labute approximate surface area is 102 Å². The fourth-order valence-electron chi connectivity index (χ4n) is 1.17. The molecule has 0 radical (unpaired) electrons. The molecular weight excluding hydrogens is 242 g/mol. The smallest absolute Gasteiger partial charge is 0.277 e. The molecule has 0 saturated heterocycles. The van der Waals surface area contributed by atoms with Gasteiger partial charge in [-0.05, 0) is 13.8 Å². The molecule has 0 saturated carbocycles. The van der Waals surface area contributed by atoms with E-state index in [1.54, 1.807) is 13.2 Å². The average Bonchev–Trinajstić information content (AvgIpc) is 2.26. The molecule has 0 aromatic carbocycles. The van der Waals surface area contributed by atoms with Gasteiger partial charge in [0.05, 0.1) is 11.0 Å². The Balaban J connectivity index is 2.76. The van der Waals surface area contributed by atoms with Gasteiger partial charge in [-0.15, -0.1) is 0 Å². The molecule has 6 nitrogen and oxygen atoms in total. The lowest BCUT2D eigenvalue weighted by atomic mass is 10.2. The van der Waals surface area contributed by atoms with E-state index < -0.39 is 15.7 Å². The van der Waals surface area contributed by atoms with Crippen LogP contribution >= 0.6 is 0 Å². The summed E-state index contributed by atoms with van der Waals surface area (Å²) in [5, 5.41) is 13.6. The molecule has 0 fully saturated rings. The number of nitrogens with zero attached hydrogens (tertiary/aromatic N) is 2. The number of aromatic nitrogens is 1. The molecular formula is C10H15N3O3S. The van der Waals surface area contributed by atoms with Gasteiger partial charge in [-0.2, -0.15) is 0 Å². The van der Waals surface area contributed by atoms with Crippen molar-refractivity contribution in [2.24, 2.45) is 0 Å². The summed E-state index contributed by atoms with van der Waals surface area (Å²) in [5.74, 6) is 0.430.